The van der Waals surface area contributed by atoms with Crippen LogP contribution >= 0.6 is 12.6 Å². The van der Waals surface area contributed by atoms with Crippen LogP contribution in [0, 0.1) is 0 Å². The number of hydrogen-bond acceptors (Lipinski definition) is 8. The number of rotatable bonds is 15. The highest BCUT2D eigenvalue weighted by atomic mass is 32.1. The molecule has 0 aromatic rings. The number of unbranched alkanes of at least 4 members (excludes halogenated alkanes) is 1. The molecule has 12 nitrogen and oxygen atoms in total. The Morgan fingerprint density at radius 3 is 2.00 bits per heavy atom. The number of carboxylic acid groups (broad SMARTS) is 2. The molecule has 0 fully saturated rings. The first-order chi connectivity index (χ1) is 14.0. The maximum absolute atomic E-state index is 12.5. The van der Waals surface area contributed by atoms with Gasteiger partial charge < -0.3 is 37.6 Å². The van der Waals surface area contributed by atoms with Gasteiger partial charge >= 0.3 is 11.9 Å². The molecule has 0 aromatic heterocycles. The molecule has 4 atom stereocenters. The van der Waals surface area contributed by atoms with Crippen molar-refractivity contribution in [3.8, 4) is 0 Å². The molecule has 0 aliphatic heterocycles. The third-order valence-electron chi connectivity index (χ3n) is 4.13. The second-order valence-corrected chi connectivity index (χ2v) is 7.06. The van der Waals surface area contributed by atoms with Crippen molar-refractivity contribution in [1.82, 2.24) is 16.0 Å². The fraction of sp³-hybridized carbons (Fsp3) is 0.706. The van der Waals surface area contributed by atoms with E-state index in [9.17, 15) is 29.1 Å². The van der Waals surface area contributed by atoms with E-state index in [4.69, 9.17) is 16.6 Å². The minimum Gasteiger partial charge on any atom is -0.481 e. The summed E-state index contributed by atoms with van der Waals surface area (Å²) in [7, 11) is 0. The largest absolute Gasteiger partial charge is 0.481 e. The van der Waals surface area contributed by atoms with Gasteiger partial charge in [0.1, 0.15) is 18.1 Å². The van der Waals surface area contributed by atoms with E-state index >= 15 is 0 Å². The van der Waals surface area contributed by atoms with Crippen LogP contribution in [-0.2, 0) is 24.0 Å². The fourth-order valence-electron chi connectivity index (χ4n) is 2.32. The normalized spacial score (nSPS) is 14.7. The monoisotopic (exact) mass is 449 g/mol. The first-order valence-electron chi connectivity index (χ1n) is 9.45. The van der Waals surface area contributed by atoms with E-state index in [-0.39, 0.29) is 18.6 Å². The lowest BCUT2D eigenvalue weighted by atomic mass is 10.1. The quantitative estimate of drug-likeness (QED) is 0.100. The molecule has 0 aromatic carbocycles. The highest BCUT2D eigenvalue weighted by Gasteiger charge is 2.28. The molecule has 4 unspecified atom stereocenters. The van der Waals surface area contributed by atoms with Crippen LogP contribution in [0.2, 0.25) is 0 Å². The van der Waals surface area contributed by atoms with Gasteiger partial charge in [0, 0.05) is 12.2 Å². The molecule has 0 radical (unpaired) electrons. The van der Waals surface area contributed by atoms with Crippen molar-refractivity contribution in [2.75, 3.05) is 12.3 Å². The summed E-state index contributed by atoms with van der Waals surface area (Å²) in [5.74, 6) is -4.61. The van der Waals surface area contributed by atoms with Gasteiger partial charge in [-0.3, -0.25) is 19.2 Å². The third kappa shape index (κ3) is 11.0. The number of aliphatic carboxylic acids is 2. The van der Waals surface area contributed by atoms with Crippen LogP contribution in [0.3, 0.4) is 0 Å². The Balaban J connectivity index is 4.99. The summed E-state index contributed by atoms with van der Waals surface area (Å²) in [5, 5.41) is 25.1. The predicted molar refractivity (Wildman–Crippen MR) is 111 cm³/mol. The molecule has 172 valence electrons. The van der Waals surface area contributed by atoms with Gasteiger partial charge in [0.2, 0.25) is 17.7 Å². The van der Waals surface area contributed by atoms with Crippen LogP contribution in [0.25, 0.3) is 0 Å². The highest BCUT2D eigenvalue weighted by molar-refractivity contribution is 7.80. The Labute approximate surface area is 179 Å². The number of nitrogens with one attached hydrogen (secondary N) is 3. The van der Waals surface area contributed by atoms with E-state index in [0.29, 0.717) is 19.4 Å². The second kappa shape index (κ2) is 14.6. The minimum atomic E-state index is -1.24. The fourth-order valence-corrected chi connectivity index (χ4v) is 2.49. The number of hydrogen-bond donors (Lipinski definition) is 8. The Morgan fingerprint density at radius 2 is 1.50 bits per heavy atom. The molecule has 3 amide bonds. The molecule has 0 saturated heterocycles. The smallest absolute Gasteiger partial charge is 0.326 e. The van der Waals surface area contributed by atoms with Gasteiger partial charge in [0.05, 0.1) is 6.04 Å². The number of amides is 3. The van der Waals surface area contributed by atoms with Crippen LogP contribution in [0.5, 0.6) is 0 Å². The summed E-state index contributed by atoms with van der Waals surface area (Å²) in [4.78, 5) is 58.8. The van der Waals surface area contributed by atoms with E-state index in [1.807, 2.05) is 0 Å². The number of thiol groups is 1. The van der Waals surface area contributed by atoms with Gasteiger partial charge in [-0.1, -0.05) is 0 Å². The zero-order valence-electron chi connectivity index (χ0n) is 16.8. The Hall–Kier alpha value is -2.38. The van der Waals surface area contributed by atoms with Crippen LogP contribution in [-0.4, -0.2) is 76.3 Å². The van der Waals surface area contributed by atoms with E-state index in [0.717, 1.165) is 0 Å². The minimum absolute atomic E-state index is 0.0125. The summed E-state index contributed by atoms with van der Waals surface area (Å²) >= 11 is 3.89. The maximum atomic E-state index is 12.5. The Kier molecular flexibility index (Phi) is 13.4. The molecule has 0 bridgehead atoms. The zero-order chi connectivity index (χ0) is 23.3. The maximum Gasteiger partial charge on any atom is 0.326 e. The van der Waals surface area contributed by atoms with Crippen LogP contribution in [0.15, 0.2) is 0 Å². The molecule has 9 N–H and O–H groups in total. The first-order valence-corrected chi connectivity index (χ1v) is 10.1. The molecule has 0 rings (SSSR count). The van der Waals surface area contributed by atoms with E-state index in [2.05, 4.69) is 28.6 Å². The number of nitrogens with two attached hydrogens (primary N) is 2. The van der Waals surface area contributed by atoms with Gasteiger partial charge in [-0.25, -0.2) is 4.79 Å². The van der Waals surface area contributed by atoms with Gasteiger partial charge in [0.15, 0.2) is 0 Å². The van der Waals surface area contributed by atoms with Crippen LogP contribution in [0.4, 0.5) is 0 Å². The van der Waals surface area contributed by atoms with Gasteiger partial charge in [-0.15, -0.1) is 0 Å². The third-order valence-corrected chi connectivity index (χ3v) is 4.52. The lowest BCUT2D eigenvalue weighted by Gasteiger charge is -2.23. The lowest BCUT2D eigenvalue weighted by Crippen LogP contribution is -2.56. The molecular formula is C17H31N5O7S. The number of carboxylic acids is 2. The molecule has 0 aliphatic rings. The summed E-state index contributed by atoms with van der Waals surface area (Å²) in [6, 6.07) is -4.51. The lowest BCUT2D eigenvalue weighted by molar-refractivity contribution is -0.142. The van der Waals surface area contributed by atoms with E-state index in [1.54, 1.807) is 0 Å². The first kappa shape index (κ1) is 27.6. The predicted octanol–water partition coefficient (Wildman–Crippen LogP) is -2.20. The van der Waals surface area contributed by atoms with Crippen LogP contribution < -0.4 is 27.4 Å². The van der Waals surface area contributed by atoms with Crippen molar-refractivity contribution in [1.29, 1.82) is 0 Å². The van der Waals surface area contributed by atoms with Gasteiger partial charge in [0.25, 0.3) is 0 Å². The van der Waals surface area contributed by atoms with E-state index in [1.165, 1.54) is 6.92 Å². The van der Waals surface area contributed by atoms with E-state index < -0.39 is 60.2 Å². The standard InChI is InChI=1S/C17H31N5O7S/c1-9(14(25)22-12(17(28)29)4-2-3-7-18)20-16(27)11(5-6-13(23)24)21-15(26)10(19)8-30/h9-12,30H,2-8,18-19H2,1H3,(H,20,27)(H,21,26)(H,22,25)(H,23,24)(H,28,29). The van der Waals surface area contributed by atoms with Gasteiger partial charge in [-0.2, -0.15) is 12.6 Å². The van der Waals surface area contributed by atoms with Crippen molar-refractivity contribution in [3.05, 3.63) is 0 Å². The average molecular weight is 450 g/mol. The molecule has 30 heavy (non-hydrogen) atoms. The van der Waals surface area contributed by atoms with Crippen molar-refractivity contribution < 1.29 is 34.2 Å². The highest BCUT2D eigenvalue weighted by Crippen LogP contribution is 2.03. The Bertz CT molecular complexity index is 619. The zero-order valence-corrected chi connectivity index (χ0v) is 17.7. The van der Waals surface area contributed by atoms with Gasteiger partial charge in [-0.05, 0) is 39.2 Å². The SMILES string of the molecule is CC(NC(=O)C(CCC(=O)O)NC(=O)C(N)CS)C(=O)NC(CCCCN)C(=O)O. The summed E-state index contributed by atoms with van der Waals surface area (Å²) in [5.41, 5.74) is 10.9. The summed E-state index contributed by atoms with van der Waals surface area (Å²) < 4.78 is 0. The molecular weight excluding hydrogens is 418 g/mol. The van der Waals surface area contributed by atoms with Crippen molar-refractivity contribution in [2.24, 2.45) is 11.5 Å². The number of carbonyl (C=O) groups is 5. The molecule has 0 heterocycles. The van der Waals surface area contributed by atoms with Crippen LogP contribution in [0.1, 0.15) is 39.0 Å². The van der Waals surface area contributed by atoms with Crippen molar-refractivity contribution in [2.45, 2.75) is 63.2 Å². The summed E-state index contributed by atoms with van der Waals surface area (Å²) in [6.45, 7) is 1.73. The topological polar surface area (TPSA) is 214 Å². The van der Waals surface area contributed by atoms with Crippen molar-refractivity contribution in [3.63, 3.8) is 0 Å². The molecule has 13 heteroatoms. The Morgan fingerprint density at radius 1 is 0.900 bits per heavy atom. The molecule has 0 aliphatic carbocycles. The average Bonchev–Trinajstić information content (AvgIpc) is 2.68. The summed E-state index contributed by atoms with van der Waals surface area (Å²) in [6.07, 6.45) is 0.654. The van der Waals surface area contributed by atoms with Crippen molar-refractivity contribution >= 4 is 42.3 Å². The number of carbonyl (C=O) groups excluding carboxylic acids is 3. The molecule has 0 spiro atoms. The second-order valence-electron chi connectivity index (χ2n) is 6.70. The molecule has 0 saturated carbocycles.